The second kappa shape index (κ2) is 4.44. The molecule has 0 bridgehead atoms. The van der Waals surface area contributed by atoms with Gasteiger partial charge in [0.2, 0.25) is 0 Å². The van der Waals surface area contributed by atoms with Crippen LogP contribution in [0.1, 0.15) is 23.3 Å². The summed E-state index contributed by atoms with van der Waals surface area (Å²) in [6.07, 6.45) is 4.98. The molecule has 1 fully saturated rings. The third-order valence-electron chi connectivity index (χ3n) is 2.86. The van der Waals surface area contributed by atoms with E-state index in [2.05, 4.69) is 15.5 Å². The van der Waals surface area contributed by atoms with Crippen LogP contribution in [0.5, 0.6) is 0 Å². The first-order valence-electron chi connectivity index (χ1n) is 5.38. The van der Waals surface area contributed by atoms with Crippen molar-refractivity contribution in [3.05, 3.63) is 18.2 Å². The molecule has 0 spiro atoms. The number of aromatic nitrogens is 2. The van der Waals surface area contributed by atoms with Gasteiger partial charge < -0.3 is 20.8 Å². The molecule has 0 aromatic carbocycles. The van der Waals surface area contributed by atoms with E-state index in [-0.39, 0.29) is 17.7 Å². The smallest absolute Gasteiger partial charge is 0.270 e. The molecule has 0 aliphatic heterocycles. The van der Waals surface area contributed by atoms with Gasteiger partial charge in [-0.05, 0) is 18.8 Å². The highest BCUT2D eigenvalue weighted by molar-refractivity contribution is 5.97. The predicted octanol–water partition coefficient (Wildman–Crippen LogP) is -0.325. The molecule has 1 aliphatic carbocycles. The number of oxime groups is 1. The van der Waals surface area contributed by atoms with E-state index in [9.17, 15) is 4.79 Å². The van der Waals surface area contributed by atoms with Gasteiger partial charge in [-0.3, -0.25) is 4.79 Å². The van der Waals surface area contributed by atoms with E-state index in [4.69, 9.17) is 10.9 Å². The summed E-state index contributed by atoms with van der Waals surface area (Å²) in [5, 5.41) is 14.4. The van der Waals surface area contributed by atoms with Gasteiger partial charge in [0.15, 0.2) is 5.84 Å². The highest BCUT2D eigenvalue weighted by Gasteiger charge is 2.35. The Kier molecular flexibility index (Phi) is 2.99. The quantitative estimate of drug-likeness (QED) is 0.288. The molecule has 1 unspecified atom stereocenters. The second-order valence-electron chi connectivity index (χ2n) is 4.20. The lowest BCUT2D eigenvalue weighted by Crippen LogP contribution is -2.46. The Morgan fingerprint density at radius 1 is 1.76 bits per heavy atom. The lowest BCUT2D eigenvalue weighted by atomic mass is 10.1. The van der Waals surface area contributed by atoms with Crippen LogP contribution >= 0.6 is 0 Å². The number of carbonyl (C=O) groups excluding carboxylic acids is 1. The Hall–Kier alpha value is -2.05. The van der Waals surface area contributed by atoms with Crippen LogP contribution in [0.15, 0.2) is 17.7 Å². The predicted molar refractivity (Wildman–Crippen MR) is 60.6 cm³/mol. The molecule has 1 saturated carbocycles. The zero-order valence-electron chi connectivity index (χ0n) is 9.50. The van der Waals surface area contributed by atoms with E-state index in [1.807, 2.05) is 0 Å². The fourth-order valence-electron chi connectivity index (χ4n) is 1.72. The zero-order valence-corrected chi connectivity index (χ0v) is 9.50. The number of imidazole rings is 1. The van der Waals surface area contributed by atoms with E-state index in [1.54, 1.807) is 17.9 Å². The SMILES string of the molecule is Cn1cncc1C(=O)NC(/C(N)=N/O)C1CC1. The minimum atomic E-state index is -0.401. The molecule has 92 valence electrons. The van der Waals surface area contributed by atoms with Gasteiger partial charge in [-0.1, -0.05) is 5.16 Å². The summed E-state index contributed by atoms with van der Waals surface area (Å²) < 4.78 is 1.62. The molecule has 7 nitrogen and oxygen atoms in total. The topological polar surface area (TPSA) is 106 Å². The first-order valence-corrected chi connectivity index (χ1v) is 5.38. The lowest BCUT2D eigenvalue weighted by Gasteiger charge is -2.16. The minimum absolute atomic E-state index is 0.0445. The highest BCUT2D eigenvalue weighted by Crippen LogP contribution is 2.32. The van der Waals surface area contributed by atoms with Crippen molar-refractivity contribution >= 4 is 11.7 Å². The molecule has 1 aliphatic rings. The number of nitrogens with two attached hydrogens (primary N) is 1. The van der Waals surface area contributed by atoms with Gasteiger partial charge in [0.05, 0.1) is 18.6 Å². The van der Waals surface area contributed by atoms with Crippen molar-refractivity contribution in [2.45, 2.75) is 18.9 Å². The van der Waals surface area contributed by atoms with Crippen LogP contribution in [-0.2, 0) is 7.05 Å². The average molecular weight is 237 g/mol. The van der Waals surface area contributed by atoms with Crippen molar-refractivity contribution in [3.8, 4) is 0 Å². The molecule has 0 saturated heterocycles. The van der Waals surface area contributed by atoms with Gasteiger partial charge in [0.1, 0.15) is 5.69 Å². The number of amidine groups is 1. The Bertz CT molecular complexity index is 449. The number of hydrogen-bond acceptors (Lipinski definition) is 4. The number of aryl methyl sites for hydroxylation is 1. The minimum Gasteiger partial charge on any atom is -0.409 e. The second-order valence-corrected chi connectivity index (χ2v) is 4.20. The third kappa shape index (κ3) is 2.38. The lowest BCUT2D eigenvalue weighted by molar-refractivity contribution is 0.0934. The standard InChI is InChI=1S/C10H15N5O2/c1-15-5-12-4-7(15)10(16)13-8(6-2-3-6)9(11)14-17/h4-6,8,17H,2-3H2,1H3,(H2,11,14)(H,13,16). The molecule has 17 heavy (non-hydrogen) atoms. The molecule has 2 rings (SSSR count). The van der Waals surface area contributed by atoms with Crippen molar-refractivity contribution < 1.29 is 10.0 Å². The molecule has 1 heterocycles. The molecule has 4 N–H and O–H groups in total. The summed E-state index contributed by atoms with van der Waals surface area (Å²) >= 11 is 0. The molecular formula is C10H15N5O2. The fraction of sp³-hybridized carbons (Fsp3) is 0.500. The molecule has 1 aromatic heterocycles. The Labute approximate surface area is 98.3 Å². The summed E-state index contributed by atoms with van der Waals surface area (Å²) in [6.45, 7) is 0. The van der Waals surface area contributed by atoms with Crippen LogP contribution in [-0.4, -0.2) is 32.5 Å². The van der Waals surface area contributed by atoms with E-state index in [0.29, 0.717) is 5.69 Å². The summed E-state index contributed by atoms with van der Waals surface area (Å²) in [4.78, 5) is 15.8. The van der Waals surface area contributed by atoms with Crippen LogP contribution in [0.3, 0.4) is 0 Å². The maximum atomic E-state index is 11.9. The van der Waals surface area contributed by atoms with Crippen molar-refractivity contribution in [1.29, 1.82) is 0 Å². The van der Waals surface area contributed by atoms with Gasteiger partial charge in [-0.15, -0.1) is 0 Å². The summed E-state index contributed by atoms with van der Waals surface area (Å²) in [7, 11) is 1.73. The number of hydrogen-bond donors (Lipinski definition) is 3. The van der Waals surface area contributed by atoms with Crippen molar-refractivity contribution in [2.75, 3.05) is 0 Å². The fourth-order valence-corrected chi connectivity index (χ4v) is 1.72. The van der Waals surface area contributed by atoms with Crippen LogP contribution in [0.4, 0.5) is 0 Å². The first kappa shape index (κ1) is 11.4. The maximum Gasteiger partial charge on any atom is 0.270 e. The van der Waals surface area contributed by atoms with E-state index < -0.39 is 6.04 Å². The Morgan fingerprint density at radius 2 is 2.47 bits per heavy atom. The Balaban J connectivity index is 2.08. The molecule has 0 radical (unpaired) electrons. The average Bonchev–Trinajstić information content (AvgIpc) is 3.07. The van der Waals surface area contributed by atoms with Gasteiger partial charge in [0, 0.05) is 7.05 Å². The van der Waals surface area contributed by atoms with Crippen molar-refractivity contribution in [3.63, 3.8) is 0 Å². The molecule has 1 aromatic rings. The largest absolute Gasteiger partial charge is 0.409 e. The van der Waals surface area contributed by atoms with E-state index in [0.717, 1.165) is 12.8 Å². The van der Waals surface area contributed by atoms with Crippen molar-refractivity contribution in [2.24, 2.45) is 23.9 Å². The molecule has 1 atom stereocenters. The van der Waals surface area contributed by atoms with Crippen LogP contribution < -0.4 is 11.1 Å². The summed E-state index contributed by atoms with van der Waals surface area (Å²) in [5.41, 5.74) is 6.01. The molecule has 1 amide bonds. The van der Waals surface area contributed by atoms with Gasteiger partial charge in [-0.2, -0.15) is 0 Å². The van der Waals surface area contributed by atoms with Gasteiger partial charge in [0.25, 0.3) is 5.91 Å². The maximum absolute atomic E-state index is 11.9. The normalized spacial score (nSPS) is 17.8. The highest BCUT2D eigenvalue weighted by atomic mass is 16.4. The number of rotatable bonds is 4. The summed E-state index contributed by atoms with van der Waals surface area (Å²) in [5.74, 6) is 0.0413. The van der Waals surface area contributed by atoms with Gasteiger partial charge in [-0.25, -0.2) is 4.98 Å². The monoisotopic (exact) mass is 237 g/mol. The molecule has 7 heteroatoms. The number of carbonyl (C=O) groups is 1. The number of nitrogens with one attached hydrogen (secondary N) is 1. The van der Waals surface area contributed by atoms with Crippen LogP contribution in [0, 0.1) is 5.92 Å². The molecular weight excluding hydrogens is 222 g/mol. The number of amides is 1. The van der Waals surface area contributed by atoms with Gasteiger partial charge >= 0.3 is 0 Å². The van der Waals surface area contributed by atoms with Crippen molar-refractivity contribution in [1.82, 2.24) is 14.9 Å². The van der Waals surface area contributed by atoms with Crippen LogP contribution in [0.2, 0.25) is 0 Å². The number of nitrogens with zero attached hydrogens (tertiary/aromatic N) is 3. The third-order valence-corrected chi connectivity index (χ3v) is 2.86. The first-order chi connectivity index (χ1) is 8.13. The van der Waals surface area contributed by atoms with E-state index in [1.165, 1.54) is 6.20 Å². The van der Waals surface area contributed by atoms with E-state index >= 15 is 0 Å². The Morgan fingerprint density at radius 3 is 2.94 bits per heavy atom. The summed E-state index contributed by atoms with van der Waals surface area (Å²) in [6, 6.07) is -0.401. The van der Waals surface area contributed by atoms with Crippen LogP contribution in [0.25, 0.3) is 0 Å². The zero-order chi connectivity index (χ0) is 12.4.